The van der Waals surface area contributed by atoms with Gasteiger partial charge >= 0.3 is 0 Å². The molecular weight excluding hydrogens is 214 g/mol. The predicted octanol–water partition coefficient (Wildman–Crippen LogP) is 1.73. The standard InChI is InChI=1S/C14H19NO2/c1-10(17)15-14(9-16)13-7-6-11-4-2-3-5-12(11)8-13/h6-8,14,16H,2-5,9H2,1H3,(H,15,17). The number of hydrogen-bond donors (Lipinski definition) is 2. The Bertz CT molecular complexity index is 415. The second kappa shape index (κ2) is 5.32. The van der Waals surface area contributed by atoms with Crippen molar-refractivity contribution < 1.29 is 9.90 Å². The van der Waals surface area contributed by atoms with E-state index in [0.717, 1.165) is 18.4 Å². The Labute approximate surface area is 102 Å². The Hall–Kier alpha value is -1.35. The molecule has 0 bridgehead atoms. The topological polar surface area (TPSA) is 49.3 Å². The van der Waals surface area contributed by atoms with Crippen LogP contribution in [-0.4, -0.2) is 17.6 Å². The molecule has 0 heterocycles. The van der Waals surface area contributed by atoms with Crippen LogP contribution in [0.1, 0.15) is 42.5 Å². The maximum atomic E-state index is 11.1. The van der Waals surface area contributed by atoms with Crippen LogP contribution in [0.25, 0.3) is 0 Å². The summed E-state index contributed by atoms with van der Waals surface area (Å²) in [6, 6.07) is 6.00. The van der Waals surface area contributed by atoms with E-state index in [2.05, 4.69) is 17.4 Å². The largest absolute Gasteiger partial charge is 0.394 e. The van der Waals surface area contributed by atoms with Gasteiger partial charge in [-0.25, -0.2) is 0 Å². The molecule has 92 valence electrons. The van der Waals surface area contributed by atoms with E-state index in [-0.39, 0.29) is 18.6 Å². The summed E-state index contributed by atoms with van der Waals surface area (Å²) in [6.07, 6.45) is 4.77. The molecule has 1 aliphatic rings. The van der Waals surface area contributed by atoms with Gasteiger partial charge < -0.3 is 10.4 Å². The lowest BCUT2D eigenvalue weighted by atomic mass is 9.89. The molecule has 1 aromatic rings. The van der Waals surface area contributed by atoms with Crippen LogP contribution in [0.15, 0.2) is 18.2 Å². The lowest BCUT2D eigenvalue weighted by Crippen LogP contribution is -2.28. The summed E-state index contributed by atoms with van der Waals surface area (Å²) in [5, 5.41) is 12.1. The third kappa shape index (κ3) is 2.86. The normalized spacial score (nSPS) is 16.1. The highest BCUT2D eigenvalue weighted by Gasteiger charge is 2.15. The van der Waals surface area contributed by atoms with Gasteiger partial charge in [0.05, 0.1) is 12.6 Å². The molecule has 1 unspecified atom stereocenters. The van der Waals surface area contributed by atoms with Crippen molar-refractivity contribution in [3.8, 4) is 0 Å². The summed E-state index contributed by atoms with van der Waals surface area (Å²) in [7, 11) is 0. The van der Waals surface area contributed by atoms with Crippen molar-refractivity contribution >= 4 is 5.91 Å². The molecule has 0 fully saturated rings. The molecule has 1 amide bonds. The van der Waals surface area contributed by atoms with Crippen LogP contribution in [0.2, 0.25) is 0 Å². The number of benzene rings is 1. The van der Waals surface area contributed by atoms with Crippen LogP contribution in [0.3, 0.4) is 0 Å². The van der Waals surface area contributed by atoms with Gasteiger partial charge in [-0.2, -0.15) is 0 Å². The van der Waals surface area contributed by atoms with Crippen molar-refractivity contribution in [3.63, 3.8) is 0 Å². The summed E-state index contributed by atoms with van der Waals surface area (Å²) in [4.78, 5) is 11.1. The second-order valence-electron chi connectivity index (χ2n) is 4.67. The Morgan fingerprint density at radius 3 is 2.71 bits per heavy atom. The smallest absolute Gasteiger partial charge is 0.217 e. The van der Waals surface area contributed by atoms with Crippen LogP contribution in [-0.2, 0) is 17.6 Å². The number of aliphatic hydroxyl groups is 1. The fourth-order valence-electron chi connectivity index (χ4n) is 2.45. The quantitative estimate of drug-likeness (QED) is 0.835. The highest BCUT2D eigenvalue weighted by Crippen LogP contribution is 2.24. The second-order valence-corrected chi connectivity index (χ2v) is 4.67. The van der Waals surface area contributed by atoms with E-state index in [9.17, 15) is 9.90 Å². The lowest BCUT2D eigenvalue weighted by molar-refractivity contribution is -0.120. The monoisotopic (exact) mass is 233 g/mol. The minimum absolute atomic E-state index is 0.0572. The van der Waals surface area contributed by atoms with Crippen LogP contribution >= 0.6 is 0 Å². The minimum Gasteiger partial charge on any atom is -0.394 e. The highest BCUT2D eigenvalue weighted by molar-refractivity contribution is 5.73. The summed E-state index contributed by atoms with van der Waals surface area (Å²) < 4.78 is 0. The van der Waals surface area contributed by atoms with Crippen LogP contribution in [0, 0.1) is 0 Å². The molecule has 3 heteroatoms. The van der Waals surface area contributed by atoms with Crippen LogP contribution in [0.4, 0.5) is 0 Å². The average Bonchev–Trinajstić information content (AvgIpc) is 2.35. The van der Waals surface area contributed by atoms with E-state index in [1.807, 2.05) is 6.07 Å². The number of rotatable bonds is 3. The van der Waals surface area contributed by atoms with Gasteiger partial charge in [0.2, 0.25) is 5.91 Å². The first-order chi connectivity index (χ1) is 8.20. The zero-order valence-electron chi connectivity index (χ0n) is 10.2. The van der Waals surface area contributed by atoms with Gasteiger partial charge in [0.15, 0.2) is 0 Å². The first kappa shape index (κ1) is 12.1. The summed E-state index contributed by atoms with van der Waals surface area (Å²) in [6.45, 7) is 1.42. The molecule has 2 N–H and O–H groups in total. The Morgan fingerprint density at radius 1 is 1.35 bits per heavy atom. The van der Waals surface area contributed by atoms with Crippen molar-refractivity contribution in [2.75, 3.05) is 6.61 Å². The maximum absolute atomic E-state index is 11.1. The molecule has 2 rings (SSSR count). The first-order valence-electron chi connectivity index (χ1n) is 6.20. The van der Waals surface area contributed by atoms with Crippen LogP contribution in [0.5, 0.6) is 0 Å². The van der Waals surface area contributed by atoms with Gasteiger partial charge in [-0.1, -0.05) is 18.2 Å². The number of hydrogen-bond acceptors (Lipinski definition) is 2. The Balaban J connectivity index is 2.22. The van der Waals surface area contributed by atoms with Gasteiger partial charge in [-0.15, -0.1) is 0 Å². The zero-order valence-corrected chi connectivity index (χ0v) is 10.2. The van der Waals surface area contributed by atoms with Gasteiger partial charge in [0, 0.05) is 6.92 Å². The summed E-state index contributed by atoms with van der Waals surface area (Å²) in [5.41, 5.74) is 3.79. The summed E-state index contributed by atoms with van der Waals surface area (Å²) >= 11 is 0. The fourth-order valence-corrected chi connectivity index (χ4v) is 2.45. The van der Waals surface area contributed by atoms with E-state index < -0.39 is 0 Å². The molecule has 17 heavy (non-hydrogen) atoms. The third-order valence-electron chi connectivity index (χ3n) is 3.33. The number of aryl methyl sites for hydroxylation is 2. The molecule has 0 aromatic heterocycles. The Morgan fingerprint density at radius 2 is 2.06 bits per heavy atom. The van der Waals surface area contributed by atoms with Crippen molar-refractivity contribution in [1.82, 2.24) is 5.32 Å². The maximum Gasteiger partial charge on any atom is 0.217 e. The summed E-state index contributed by atoms with van der Waals surface area (Å²) in [5.74, 6) is -0.109. The van der Waals surface area contributed by atoms with E-state index in [1.165, 1.54) is 30.9 Å². The van der Waals surface area contributed by atoms with Gasteiger partial charge in [-0.05, 0) is 42.4 Å². The van der Waals surface area contributed by atoms with E-state index in [0.29, 0.717) is 0 Å². The molecular formula is C14H19NO2. The zero-order chi connectivity index (χ0) is 12.3. The molecule has 0 aliphatic heterocycles. The highest BCUT2D eigenvalue weighted by atomic mass is 16.3. The molecule has 3 nitrogen and oxygen atoms in total. The first-order valence-corrected chi connectivity index (χ1v) is 6.20. The molecule has 0 saturated carbocycles. The number of fused-ring (bicyclic) bond motifs is 1. The number of carbonyl (C=O) groups is 1. The molecule has 1 aromatic carbocycles. The molecule has 1 aliphatic carbocycles. The van der Waals surface area contributed by atoms with E-state index >= 15 is 0 Å². The number of amides is 1. The number of aliphatic hydroxyl groups excluding tert-OH is 1. The van der Waals surface area contributed by atoms with Crippen LogP contribution < -0.4 is 5.32 Å². The molecule has 0 saturated heterocycles. The molecule has 0 spiro atoms. The van der Waals surface area contributed by atoms with E-state index in [4.69, 9.17) is 0 Å². The number of nitrogens with one attached hydrogen (secondary N) is 1. The van der Waals surface area contributed by atoms with Gasteiger partial charge in [0.1, 0.15) is 0 Å². The Kier molecular flexibility index (Phi) is 3.79. The molecule has 0 radical (unpaired) electrons. The molecule has 1 atom stereocenters. The van der Waals surface area contributed by atoms with Gasteiger partial charge in [-0.3, -0.25) is 4.79 Å². The number of carbonyl (C=O) groups excluding carboxylic acids is 1. The van der Waals surface area contributed by atoms with Crippen molar-refractivity contribution in [1.29, 1.82) is 0 Å². The van der Waals surface area contributed by atoms with Gasteiger partial charge in [0.25, 0.3) is 0 Å². The van der Waals surface area contributed by atoms with E-state index in [1.54, 1.807) is 0 Å². The SMILES string of the molecule is CC(=O)NC(CO)c1ccc2c(c1)CCCC2. The van der Waals surface area contributed by atoms with Crippen molar-refractivity contribution in [2.24, 2.45) is 0 Å². The lowest BCUT2D eigenvalue weighted by Gasteiger charge is -2.20. The average molecular weight is 233 g/mol. The predicted molar refractivity (Wildman–Crippen MR) is 66.7 cm³/mol. The van der Waals surface area contributed by atoms with Crippen molar-refractivity contribution in [2.45, 2.75) is 38.6 Å². The van der Waals surface area contributed by atoms with Crippen molar-refractivity contribution in [3.05, 3.63) is 34.9 Å². The third-order valence-corrected chi connectivity index (χ3v) is 3.33. The minimum atomic E-state index is -0.278. The fraction of sp³-hybridized carbons (Fsp3) is 0.500.